The van der Waals surface area contributed by atoms with Crippen molar-refractivity contribution in [3.05, 3.63) is 46.1 Å². The largest absolute Gasteiger partial charge is 0.506 e. The van der Waals surface area contributed by atoms with Crippen LogP contribution in [0.5, 0.6) is 23.0 Å². The summed E-state index contributed by atoms with van der Waals surface area (Å²) in [6.45, 7) is -2.13. The lowest BCUT2D eigenvalue weighted by atomic mass is 9.89. The molecule has 3 saturated heterocycles. The van der Waals surface area contributed by atoms with Crippen molar-refractivity contribution in [2.45, 2.75) is 91.9 Å². The van der Waals surface area contributed by atoms with Crippen LogP contribution < -0.4 is 14.9 Å². The first-order chi connectivity index (χ1) is 26.1. The van der Waals surface area contributed by atoms with Gasteiger partial charge in [0.2, 0.25) is 6.29 Å². The Hall–Kier alpha value is -3.75. The lowest BCUT2D eigenvalue weighted by Crippen LogP contribution is -2.62. The van der Waals surface area contributed by atoms with Crippen molar-refractivity contribution in [1.29, 1.82) is 0 Å². The number of aliphatic hydroxyl groups excluding tert-OH is 11. The molecular formula is C34H42O21. The first-order valence-electron chi connectivity index (χ1n) is 16.9. The third-order valence-corrected chi connectivity index (χ3v) is 9.82. The van der Waals surface area contributed by atoms with Gasteiger partial charge in [-0.15, -0.1) is 0 Å². The first-order valence-corrected chi connectivity index (χ1v) is 16.9. The molecule has 13 N–H and O–H groups in total. The second-order valence-electron chi connectivity index (χ2n) is 13.3. The molecular weight excluding hydrogens is 744 g/mol. The Balaban J connectivity index is 1.25. The Labute approximate surface area is 309 Å². The number of aromatic hydroxyl groups is 2. The zero-order chi connectivity index (χ0) is 40.0. The Morgan fingerprint density at radius 2 is 1.24 bits per heavy atom. The molecule has 3 aliphatic rings. The Kier molecular flexibility index (Phi) is 12.2. The average Bonchev–Trinajstić information content (AvgIpc) is 3.17. The van der Waals surface area contributed by atoms with Crippen LogP contribution in [0.1, 0.15) is 11.7 Å². The van der Waals surface area contributed by atoms with Gasteiger partial charge < -0.3 is 99.2 Å². The minimum atomic E-state index is -1.91. The summed E-state index contributed by atoms with van der Waals surface area (Å²) in [5.74, 6) is -1.95. The van der Waals surface area contributed by atoms with Crippen LogP contribution in [0, 0.1) is 0 Å². The predicted octanol–water partition coefficient (Wildman–Crippen LogP) is -4.60. The number of phenols is 2. The molecule has 55 heavy (non-hydrogen) atoms. The van der Waals surface area contributed by atoms with Crippen LogP contribution in [0.2, 0.25) is 0 Å². The summed E-state index contributed by atoms with van der Waals surface area (Å²) in [7, 11) is 1.20. The summed E-state index contributed by atoms with van der Waals surface area (Å²) in [6, 6.07) is 5.79. The average molecular weight is 787 g/mol. The number of aliphatic hydroxyl groups is 11. The highest BCUT2D eigenvalue weighted by Crippen LogP contribution is 2.45. The molecule has 6 rings (SSSR count). The minimum absolute atomic E-state index is 0.0941. The number of fused-ring (bicyclic) bond motifs is 1. The van der Waals surface area contributed by atoms with Crippen molar-refractivity contribution in [2.24, 2.45) is 0 Å². The number of phenolic OH excluding ortho intramolecular Hbond substituents is 2. The van der Waals surface area contributed by atoms with Crippen LogP contribution >= 0.6 is 0 Å². The summed E-state index contributed by atoms with van der Waals surface area (Å²) >= 11 is 0. The van der Waals surface area contributed by atoms with E-state index in [9.17, 15) is 71.2 Å². The summed E-state index contributed by atoms with van der Waals surface area (Å²) in [4.78, 5) is 13.5. The maximum atomic E-state index is 13.5. The second-order valence-corrected chi connectivity index (χ2v) is 13.3. The molecule has 304 valence electrons. The third-order valence-electron chi connectivity index (χ3n) is 9.82. The van der Waals surface area contributed by atoms with Gasteiger partial charge in [-0.25, -0.2) is 0 Å². The van der Waals surface area contributed by atoms with E-state index in [4.69, 9.17) is 32.8 Å². The van der Waals surface area contributed by atoms with E-state index < -0.39 is 134 Å². The Bertz CT molecular complexity index is 1870. The monoisotopic (exact) mass is 786 g/mol. The quantitative estimate of drug-likeness (QED) is 0.0919. The Morgan fingerprint density at radius 3 is 1.87 bits per heavy atom. The normalized spacial score (nSPS) is 36.8. The first kappa shape index (κ1) is 40.9. The molecule has 0 amide bonds. The van der Waals surface area contributed by atoms with Gasteiger partial charge in [0.1, 0.15) is 108 Å². The van der Waals surface area contributed by atoms with Crippen LogP contribution in [0.3, 0.4) is 0 Å². The molecule has 4 heterocycles. The van der Waals surface area contributed by atoms with Crippen molar-refractivity contribution in [2.75, 3.05) is 26.9 Å². The van der Waals surface area contributed by atoms with E-state index in [1.54, 1.807) is 0 Å². The summed E-state index contributed by atoms with van der Waals surface area (Å²) in [5.41, 5.74) is -1.23. The van der Waals surface area contributed by atoms with Crippen molar-refractivity contribution < 1.29 is 99.2 Å². The molecule has 0 bridgehead atoms. The number of ether oxygens (including phenoxy) is 6. The van der Waals surface area contributed by atoms with E-state index in [0.29, 0.717) is 0 Å². The number of rotatable bonds is 10. The summed E-state index contributed by atoms with van der Waals surface area (Å²) < 4.78 is 38.9. The number of benzene rings is 2. The molecule has 15 unspecified atom stereocenters. The smallest absolute Gasteiger partial charge is 0.229 e. The minimum Gasteiger partial charge on any atom is -0.506 e. The van der Waals surface area contributed by atoms with Gasteiger partial charge >= 0.3 is 0 Å². The zero-order valence-electron chi connectivity index (χ0n) is 28.7. The van der Waals surface area contributed by atoms with E-state index >= 15 is 0 Å². The maximum Gasteiger partial charge on any atom is 0.229 e. The molecule has 21 nitrogen and oxygen atoms in total. The van der Waals surface area contributed by atoms with Gasteiger partial charge in [-0.2, -0.15) is 0 Å². The van der Waals surface area contributed by atoms with Crippen LogP contribution in [-0.2, 0) is 18.9 Å². The van der Waals surface area contributed by atoms with Crippen molar-refractivity contribution in [3.8, 4) is 34.3 Å². The van der Waals surface area contributed by atoms with Gasteiger partial charge in [-0.3, -0.25) is 4.79 Å². The van der Waals surface area contributed by atoms with Crippen LogP contribution in [0.15, 0.2) is 39.5 Å². The number of methoxy groups -OCH3 is 1. The molecule has 1 aromatic heterocycles. The van der Waals surface area contributed by atoms with Gasteiger partial charge in [0.15, 0.2) is 23.2 Å². The van der Waals surface area contributed by atoms with Gasteiger partial charge in [0.25, 0.3) is 0 Å². The maximum absolute atomic E-state index is 13.5. The fraction of sp³-hybridized carbons (Fsp3) is 0.559. The predicted molar refractivity (Wildman–Crippen MR) is 178 cm³/mol. The number of hydrogen-bond donors (Lipinski definition) is 13. The molecule has 3 aromatic rings. The molecule has 2 aromatic carbocycles. The molecule has 15 atom stereocenters. The van der Waals surface area contributed by atoms with E-state index in [-0.39, 0.29) is 34.0 Å². The molecule has 3 fully saturated rings. The fourth-order valence-corrected chi connectivity index (χ4v) is 6.65. The van der Waals surface area contributed by atoms with E-state index in [0.717, 1.165) is 12.1 Å². The Morgan fingerprint density at radius 1 is 0.655 bits per heavy atom. The molecule has 3 aliphatic heterocycles. The topological polar surface area (TPSA) is 349 Å². The summed E-state index contributed by atoms with van der Waals surface area (Å²) in [6.07, 6.45) is -25.2. The van der Waals surface area contributed by atoms with Crippen molar-refractivity contribution in [1.82, 2.24) is 0 Å². The molecule has 0 aliphatic carbocycles. The van der Waals surface area contributed by atoms with E-state index in [2.05, 4.69) is 0 Å². The third kappa shape index (κ3) is 7.58. The second kappa shape index (κ2) is 16.4. The molecule has 0 spiro atoms. The lowest BCUT2D eigenvalue weighted by molar-refractivity contribution is -0.323. The SMILES string of the molecule is COc1cc2oc(-c3ccc(O)c(OC4OC(COC5OC(CO)C(O)C(O)C5O)C(O)C(O)C4O)c3)cc(=O)c2c(O)c1C1OC(CO)C(O)C(O)C1O. The van der Waals surface area contributed by atoms with Gasteiger partial charge in [0.05, 0.1) is 32.5 Å². The van der Waals surface area contributed by atoms with Crippen molar-refractivity contribution in [3.63, 3.8) is 0 Å². The van der Waals surface area contributed by atoms with Gasteiger partial charge in [-0.05, 0) is 18.2 Å². The van der Waals surface area contributed by atoms with Crippen LogP contribution in [-0.4, -0.2) is 179 Å². The fourth-order valence-electron chi connectivity index (χ4n) is 6.65. The van der Waals surface area contributed by atoms with Crippen LogP contribution in [0.25, 0.3) is 22.3 Å². The van der Waals surface area contributed by atoms with Crippen LogP contribution in [0.4, 0.5) is 0 Å². The van der Waals surface area contributed by atoms with Gasteiger partial charge in [0, 0.05) is 17.7 Å². The highest BCUT2D eigenvalue weighted by molar-refractivity contribution is 5.88. The molecule has 0 radical (unpaired) electrons. The molecule has 0 saturated carbocycles. The lowest BCUT2D eigenvalue weighted by Gasteiger charge is -2.42. The van der Waals surface area contributed by atoms with Gasteiger partial charge in [-0.1, -0.05) is 0 Å². The van der Waals surface area contributed by atoms with E-state index in [1.807, 2.05) is 0 Å². The van der Waals surface area contributed by atoms with E-state index in [1.165, 1.54) is 25.3 Å². The highest BCUT2D eigenvalue weighted by Gasteiger charge is 2.49. The molecule has 21 heteroatoms. The van der Waals surface area contributed by atoms with Crippen molar-refractivity contribution >= 4 is 11.0 Å². The summed E-state index contributed by atoms with van der Waals surface area (Å²) in [5, 5.41) is 134. The zero-order valence-corrected chi connectivity index (χ0v) is 28.7. The number of hydrogen-bond acceptors (Lipinski definition) is 21. The standard InChI is InChI=1S/C34H42O21/c1-49-15-6-16-20(25(42)21(15)32-29(46)26(43)22(39)17(7-35)52-32)12(38)5-13(51-16)10-2-3-11(37)14(4-10)53-34-31(48)28(45)24(41)19(55-34)9-50-33-30(47)27(44)23(40)18(8-36)54-33/h2-6,17-19,22-24,26-37,39-48H,7-9H2,1H3. The highest BCUT2D eigenvalue weighted by atomic mass is 16.7.